The van der Waals surface area contributed by atoms with Gasteiger partial charge in [-0.3, -0.25) is 0 Å². The van der Waals surface area contributed by atoms with E-state index in [4.69, 9.17) is 0 Å². The number of nitrogens with one attached hydrogen (secondary N) is 1. The molecule has 1 aliphatic carbocycles. The molecule has 0 saturated heterocycles. The summed E-state index contributed by atoms with van der Waals surface area (Å²) in [6, 6.07) is 0.418. The van der Waals surface area contributed by atoms with Gasteiger partial charge in [0, 0.05) is 12.6 Å². The van der Waals surface area contributed by atoms with E-state index in [0.717, 1.165) is 38.5 Å². The lowest BCUT2D eigenvalue weighted by atomic mass is 10.2. The fraction of sp³-hybridized carbons (Fsp3) is 1.00. The molecule has 0 aromatic heterocycles. The van der Waals surface area contributed by atoms with Gasteiger partial charge in [-0.1, -0.05) is 26.2 Å². The SMILES string of the molecule is CCCC(C)NCC(C)S(=O)(=O)C1CCCC1. The first kappa shape index (κ1) is 15.0. The summed E-state index contributed by atoms with van der Waals surface area (Å²) in [5, 5.41) is 3.02. The molecule has 1 fully saturated rings. The summed E-state index contributed by atoms with van der Waals surface area (Å²) in [5.74, 6) is 0. The van der Waals surface area contributed by atoms with E-state index < -0.39 is 9.84 Å². The molecule has 0 aromatic rings. The van der Waals surface area contributed by atoms with E-state index in [2.05, 4.69) is 19.2 Å². The van der Waals surface area contributed by atoms with Crippen LogP contribution in [0.5, 0.6) is 0 Å². The molecule has 1 aliphatic rings. The Morgan fingerprint density at radius 1 is 1.24 bits per heavy atom. The van der Waals surface area contributed by atoms with Crippen LogP contribution in [0.1, 0.15) is 59.3 Å². The molecule has 0 bridgehead atoms. The van der Waals surface area contributed by atoms with Gasteiger partial charge in [0.2, 0.25) is 0 Å². The molecule has 0 heterocycles. The third kappa shape index (κ3) is 4.25. The van der Waals surface area contributed by atoms with Crippen LogP contribution in [-0.4, -0.2) is 31.5 Å². The summed E-state index contributed by atoms with van der Waals surface area (Å²) in [5.41, 5.74) is 0. The van der Waals surface area contributed by atoms with Gasteiger partial charge in [0.1, 0.15) is 0 Å². The van der Waals surface area contributed by atoms with Gasteiger partial charge in [0.15, 0.2) is 9.84 Å². The minimum Gasteiger partial charge on any atom is -0.313 e. The van der Waals surface area contributed by atoms with Crippen molar-refractivity contribution in [2.45, 2.75) is 75.8 Å². The van der Waals surface area contributed by atoms with Gasteiger partial charge >= 0.3 is 0 Å². The highest BCUT2D eigenvalue weighted by molar-refractivity contribution is 7.92. The largest absolute Gasteiger partial charge is 0.313 e. The zero-order valence-corrected chi connectivity index (χ0v) is 12.2. The Morgan fingerprint density at radius 2 is 1.82 bits per heavy atom. The molecule has 17 heavy (non-hydrogen) atoms. The summed E-state index contributed by atoms with van der Waals surface area (Å²) >= 11 is 0. The van der Waals surface area contributed by atoms with E-state index in [-0.39, 0.29) is 10.5 Å². The molecule has 0 spiro atoms. The quantitative estimate of drug-likeness (QED) is 0.766. The van der Waals surface area contributed by atoms with Crippen LogP contribution in [0.3, 0.4) is 0 Å². The van der Waals surface area contributed by atoms with Crippen LogP contribution >= 0.6 is 0 Å². The minimum atomic E-state index is -2.91. The Kier molecular flexibility index (Phi) is 5.93. The van der Waals surface area contributed by atoms with Crippen LogP contribution in [0, 0.1) is 0 Å². The van der Waals surface area contributed by atoms with Gasteiger partial charge in [-0.25, -0.2) is 8.42 Å². The predicted octanol–water partition coefficient (Wildman–Crippen LogP) is 2.51. The Bertz CT molecular complexity index is 307. The third-order valence-corrected chi connectivity index (χ3v) is 6.49. The Balaban J connectivity index is 2.42. The number of sulfone groups is 1. The fourth-order valence-electron chi connectivity index (χ4n) is 2.56. The van der Waals surface area contributed by atoms with E-state index in [1.807, 2.05) is 6.92 Å². The lowest BCUT2D eigenvalue weighted by molar-refractivity contribution is 0.498. The van der Waals surface area contributed by atoms with Crippen molar-refractivity contribution in [3.05, 3.63) is 0 Å². The molecule has 2 atom stereocenters. The first-order valence-corrected chi connectivity index (χ1v) is 8.55. The first-order valence-electron chi connectivity index (χ1n) is 6.94. The van der Waals surface area contributed by atoms with Crippen LogP contribution in [0.4, 0.5) is 0 Å². The molecule has 1 rings (SSSR count). The zero-order valence-electron chi connectivity index (χ0n) is 11.4. The van der Waals surface area contributed by atoms with E-state index in [0.29, 0.717) is 12.6 Å². The van der Waals surface area contributed by atoms with Crippen molar-refractivity contribution in [1.82, 2.24) is 5.32 Å². The van der Waals surface area contributed by atoms with E-state index in [1.54, 1.807) is 0 Å². The molecule has 0 aliphatic heterocycles. The predicted molar refractivity (Wildman–Crippen MR) is 73.0 cm³/mol. The van der Waals surface area contributed by atoms with Crippen molar-refractivity contribution < 1.29 is 8.42 Å². The smallest absolute Gasteiger partial charge is 0.156 e. The van der Waals surface area contributed by atoms with E-state index in [9.17, 15) is 8.42 Å². The highest BCUT2D eigenvalue weighted by atomic mass is 32.2. The van der Waals surface area contributed by atoms with Gasteiger partial charge in [-0.2, -0.15) is 0 Å². The van der Waals surface area contributed by atoms with Crippen LogP contribution in [-0.2, 0) is 9.84 Å². The standard InChI is InChI=1S/C13H27NO2S/c1-4-7-11(2)14-10-12(3)17(15,16)13-8-5-6-9-13/h11-14H,4-10H2,1-3H3. The Labute approximate surface area is 106 Å². The second-order valence-electron chi connectivity index (χ2n) is 5.40. The normalized spacial score (nSPS) is 21.6. The van der Waals surface area contributed by atoms with Gasteiger partial charge < -0.3 is 5.32 Å². The van der Waals surface area contributed by atoms with Crippen LogP contribution in [0.2, 0.25) is 0 Å². The summed E-state index contributed by atoms with van der Waals surface area (Å²) in [7, 11) is -2.91. The molecule has 2 unspecified atom stereocenters. The van der Waals surface area contributed by atoms with Crippen LogP contribution < -0.4 is 5.32 Å². The molecule has 3 nitrogen and oxygen atoms in total. The molecular formula is C13H27NO2S. The van der Waals surface area contributed by atoms with Crippen molar-refractivity contribution in [2.24, 2.45) is 0 Å². The lowest BCUT2D eigenvalue weighted by Crippen LogP contribution is -2.39. The average molecular weight is 261 g/mol. The minimum absolute atomic E-state index is 0.0687. The molecule has 4 heteroatoms. The number of hydrogen-bond donors (Lipinski definition) is 1. The van der Waals surface area contributed by atoms with Crippen molar-refractivity contribution in [1.29, 1.82) is 0 Å². The fourth-order valence-corrected chi connectivity index (χ4v) is 4.54. The highest BCUT2D eigenvalue weighted by Crippen LogP contribution is 2.27. The van der Waals surface area contributed by atoms with Crippen molar-refractivity contribution in [3.8, 4) is 0 Å². The van der Waals surface area contributed by atoms with Crippen molar-refractivity contribution in [3.63, 3.8) is 0 Å². The topological polar surface area (TPSA) is 46.2 Å². The number of hydrogen-bond acceptors (Lipinski definition) is 3. The molecule has 0 amide bonds. The molecular weight excluding hydrogens is 234 g/mol. The second kappa shape index (κ2) is 6.74. The Morgan fingerprint density at radius 3 is 2.35 bits per heavy atom. The van der Waals surface area contributed by atoms with E-state index >= 15 is 0 Å². The Hall–Kier alpha value is -0.0900. The molecule has 1 saturated carbocycles. The molecule has 102 valence electrons. The zero-order chi connectivity index (χ0) is 12.9. The first-order chi connectivity index (χ1) is 7.98. The monoisotopic (exact) mass is 261 g/mol. The maximum Gasteiger partial charge on any atom is 0.156 e. The van der Waals surface area contributed by atoms with Crippen molar-refractivity contribution in [2.75, 3.05) is 6.54 Å². The lowest BCUT2D eigenvalue weighted by Gasteiger charge is -2.20. The summed E-state index contributed by atoms with van der Waals surface area (Å²) < 4.78 is 24.5. The van der Waals surface area contributed by atoms with Gasteiger partial charge in [-0.15, -0.1) is 0 Å². The maximum absolute atomic E-state index is 12.3. The van der Waals surface area contributed by atoms with Crippen LogP contribution in [0.25, 0.3) is 0 Å². The summed E-state index contributed by atoms with van der Waals surface area (Å²) in [6.45, 7) is 6.72. The van der Waals surface area contributed by atoms with Gasteiger partial charge in [0.25, 0.3) is 0 Å². The summed E-state index contributed by atoms with van der Waals surface area (Å²) in [4.78, 5) is 0. The molecule has 0 radical (unpaired) electrons. The summed E-state index contributed by atoms with van der Waals surface area (Å²) in [6.07, 6.45) is 6.15. The van der Waals surface area contributed by atoms with Crippen molar-refractivity contribution >= 4 is 9.84 Å². The third-order valence-electron chi connectivity index (χ3n) is 3.80. The molecule has 1 N–H and O–H groups in total. The van der Waals surface area contributed by atoms with Gasteiger partial charge in [-0.05, 0) is 33.1 Å². The molecule has 0 aromatic carbocycles. The van der Waals surface area contributed by atoms with E-state index in [1.165, 1.54) is 0 Å². The number of rotatable bonds is 7. The van der Waals surface area contributed by atoms with Crippen LogP contribution in [0.15, 0.2) is 0 Å². The second-order valence-corrected chi connectivity index (χ2v) is 8.05. The maximum atomic E-state index is 12.3. The highest BCUT2D eigenvalue weighted by Gasteiger charge is 2.33. The van der Waals surface area contributed by atoms with Gasteiger partial charge in [0.05, 0.1) is 10.5 Å². The average Bonchev–Trinajstić information content (AvgIpc) is 2.80.